The summed E-state index contributed by atoms with van der Waals surface area (Å²) >= 11 is 0. The molecule has 1 heterocycles. The minimum Gasteiger partial charge on any atom is -0.343 e. The summed E-state index contributed by atoms with van der Waals surface area (Å²) in [6.45, 7) is 0.950. The molecule has 0 aliphatic rings. The second-order valence-corrected chi connectivity index (χ2v) is 5.51. The fourth-order valence-corrected chi connectivity index (χ4v) is 2.91. The third-order valence-corrected chi connectivity index (χ3v) is 3.73. The summed E-state index contributed by atoms with van der Waals surface area (Å²) in [7, 11) is 6.40. The summed E-state index contributed by atoms with van der Waals surface area (Å²) in [6, 6.07) is 19.3. The lowest BCUT2D eigenvalue weighted by Crippen LogP contribution is -2.11. The van der Waals surface area contributed by atoms with Crippen molar-refractivity contribution in [1.29, 1.82) is 0 Å². The highest BCUT2D eigenvalue weighted by molar-refractivity contribution is 5.91. The van der Waals surface area contributed by atoms with Crippen molar-refractivity contribution in [1.82, 2.24) is 9.47 Å². The van der Waals surface area contributed by atoms with E-state index in [9.17, 15) is 0 Å². The van der Waals surface area contributed by atoms with Crippen LogP contribution >= 0.6 is 0 Å². The fourth-order valence-electron chi connectivity index (χ4n) is 2.91. The first kappa shape index (κ1) is 12.9. The molecule has 2 heteroatoms. The zero-order valence-corrected chi connectivity index (χ0v) is 12.3. The topological polar surface area (TPSA) is 8.17 Å². The van der Waals surface area contributed by atoms with Gasteiger partial charge in [-0.15, -0.1) is 0 Å². The summed E-state index contributed by atoms with van der Waals surface area (Å²) in [5, 5.41) is 1.35. The molecular weight excluding hydrogens is 244 g/mol. The van der Waals surface area contributed by atoms with Crippen molar-refractivity contribution < 1.29 is 0 Å². The number of fused-ring (bicyclic) bond motifs is 1. The Morgan fingerprint density at radius 2 is 1.55 bits per heavy atom. The van der Waals surface area contributed by atoms with Crippen LogP contribution < -0.4 is 0 Å². The normalized spacial score (nSPS) is 11.4. The Morgan fingerprint density at radius 1 is 0.900 bits per heavy atom. The van der Waals surface area contributed by atoms with Gasteiger partial charge in [-0.25, -0.2) is 0 Å². The molecule has 0 fully saturated rings. The Labute approximate surface area is 120 Å². The Morgan fingerprint density at radius 3 is 2.25 bits per heavy atom. The first-order chi connectivity index (χ1) is 9.68. The van der Waals surface area contributed by atoms with Crippen LogP contribution in [0.4, 0.5) is 0 Å². The SMILES string of the molecule is CN(C)Cc1c(-c2ccccc2)n(C)c2ccccc12. The van der Waals surface area contributed by atoms with E-state index in [1.807, 2.05) is 0 Å². The van der Waals surface area contributed by atoms with E-state index < -0.39 is 0 Å². The smallest absolute Gasteiger partial charge is 0.0534 e. The van der Waals surface area contributed by atoms with Crippen LogP contribution in [0.1, 0.15) is 5.56 Å². The summed E-state index contributed by atoms with van der Waals surface area (Å²) < 4.78 is 2.31. The average molecular weight is 264 g/mol. The first-order valence-corrected chi connectivity index (χ1v) is 6.95. The van der Waals surface area contributed by atoms with Crippen molar-refractivity contribution in [2.75, 3.05) is 14.1 Å². The van der Waals surface area contributed by atoms with Crippen molar-refractivity contribution in [2.24, 2.45) is 7.05 Å². The van der Waals surface area contributed by atoms with Crippen molar-refractivity contribution >= 4 is 10.9 Å². The summed E-state index contributed by atoms with van der Waals surface area (Å²) in [5.74, 6) is 0. The number of para-hydroxylation sites is 1. The molecule has 0 radical (unpaired) electrons. The van der Waals surface area contributed by atoms with E-state index in [1.54, 1.807) is 0 Å². The van der Waals surface area contributed by atoms with Crippen LogP contribution in [0.25, 0.3) is 22.2 Å². The van der Waals surface area contributed by atoms with Gasteiger partial charge in [-0.05, 0) is 31.3 Å². The molecule has 20 heavy (non-hydrogen) atoms. The third kappa shape index (κ3) is 2.12. The van der Waals surface area contributed by atoms with Gasteiger partial charge in [-0.2, -0.15) is 0 Å². The maximum absolute atomic E-state index is 2.31. The predicted molar refractivity (Wildman–Crippen MR) is 85.7 cm³/mol. The Balaban J connectivity index is 2.32. The minimum atomic E-state index is 0.950. The molecule has 0 N–H and O–H groups in total. The van der Waals surface area contributed by atoms with Gasteiger partial charge in [0.2, 0.25) is 0 Å². The number of aryl methyl sites for hydroxylation is 1. The van der Waals surface area contributed by atoms with Crippen LogP contribution in [0, 0.1) is 0 Å². The molecule has 2 nitrogen and oxygen atoms in total. The van der Waals surface area contributed by atoms with Gasteiger partial charge in [-0.1, -0.05) is 48.5 Å². The summed E-state index contributed by atoms with van der Waals surface area (Å²) in [6.07, 6.45) is 0. The highest BCUT2D eigenvalue weighted by atomic mass is 15.1. The lowest BCUT2D eigenvalue weighted by atomic mass is 10.0. The van der Waals surface area contributed by atoms with Gasteiger partial charge in [0, 0.05) is 24.5 Å². The molecular formula is C18H20N2. The maximum atomic E-state index is 2.31. The summed E-state index contributed by atoms with van der Waals surface area (Å²) in [4.78, 5) is 2.23. The summed E-state index contributed by atoms with van der Waals surface area (Å²) in [5.41, 5.74) is 5.30. The van der Waals surface area contributed by atoms with Crippen molar-refractivity contribution in [3.8, 4) is 11.3 Å². The molecule has 102 valence electrons. The molecule has 0 saturated heterocycles. The molecule has 0 amide bonds. The minimum absolute atomic E-state index is 0.950. The number of rotatable bonds is 3. The van der Waals surface area contributed by atoms with Gasteiger partial charge >= 0.3 is 0 Å². The largest absolute Gasteiger partial charge is 0.343 e. The Kier molecular flexibility index (Phi) is 3.33. The predicted octanol–water partition coefficient (Wildman–Crippen LogP) is 3.91. The highest BCUT2D eigenvalue weighted by Crippen LogP contribution is 2.33. The number of hydrogen-bond donors (Lipinski definition) is 0. The number of benzene rings is 2. The molecule has 2 aromatic carbocycles. The van der Waals surface area contributed by atoms with E-state index in [4.69, 9.17) is 0 Å². The van der Waals surface area contributed by atoms with Crippen LogP contribution in [0.3, 0.4) is 0 Å². The molecule has 0 aliphatic carbocycles. The molecule has 0 bridgehead atoms. The average Bonchev–Trinajstić information content (AvgIpc) is 2.73. The molecule has 0 aliphatic heterocycles. The van der Waals surface area contributed by atoms with E-state index in [0.29, 0.717) is 0 Å². The lowest BCUT2D eigenvalue weighted by molar-refractivity contribution is 0.404. The molecule has 1 aromatic heterocycles. The second-order valence-electron chi connectivity index (χ2n) is 5.51. The molecule has 0 unspecified atom stereocenters. The van der Waals surface area contributed by atoms with E-state index in [1.165, 1.54) is 27.7 Å². The molecule has 0 spiro atoms. The highest BCUT2D eigenvalue weighted by Gasteiger charge is 2.16. The maximum Gasteiger partial charge on any atom is 0.0534 e. The van der Waals surface area contributed by atoms with Gasteiger partial charge in [0.25, 0.3) is 0 Å². The van der Waals surface area contributed by atoms with Crippen molar-refractivity contribution in [2.45, 2.75) is 6.54 Å². The monoisotopic (exact) mass is 264 g/mol. The Bertz CT molecular complexity index is 724. The van der Waals surface area contributed by atoms with Gasteiger partial charge in [0.05, 0.1) is 5.69 Å². The standard InChI is InChI=1S/C18H20N2/c1-19(2)13-16-15-11-7-8-12-17(15)20(3)18(16)14-9-5-4-6-10-14/h4-12H,13H2,1-3H3. The van der Waals surface area contributed by atoms with Crippen molar-refractivity contribution in [3.63, 3.8) is 0 Å². The van der Waals surface area contributed by atoms with E-state index in [0.717, 1.165) is 6.54 Å². The van der Waals surface area contributed by atoms with Crippen LogP contribution in [0.2, 0.25) is 0 Å². The van der Waals surface area contributed by atoms with Crippen molar-refractivity contribution in [3.05, 3.63) is 60.2 Å². The number of aromatic nitrogens is 1. The first-order valence-electron chi connectivity index (χ1n) is 6.95. The van der Waals surface area contributed by atoms with E-state index >= 15 is 0 Å². The van der Waals surface area contributed by atoms with Crippen LogP contribution in [-0.4, -0.2) is 23.6 Å². The van der Waals surface area contributed by atoms with Gasteiger partial charge in [-0.3, -0.25) is 0 Å². The number of hydrogen-bond acceptors (Lipinski definition) is 1. The molecule has 0 saturated carbocycles. The third-order valence-electron chi connectivity index (χ3n) is 3.73. The quantitative estimate of drug-likeness (QED) is 0.696. The number of nitrogens with zero attached hydrogens (tertiary/aromatic N) is 2. The van der Waals surface area contributed by atoms with Crippen LogP contribution in [0.15, 0.2) is 54.6 Å². The molecule has 0 atom stereocenters. The lowest BCUT2D eigenvalue weighted by Gasteiger charge is -2.12. The Hall–Kier alpha value is -2.06. The fraction of sp³-hybridized carbons (Fsp3) is 0.222. The van der Waals surface area contributed by atoms with E-state index in [2.05, 4.69) is 85.2 Å². The van der Waals surface area contributed by atoms with E-state index in [-0.39, 0.29) is 0 Å². The van der Waals surface area contributed by atoms with Crippen LogP contribution in [0.5, 0.6) is 0 Å². The zero-order chi connectivity index (χ0) is 14.1. The second kappa shape index (κ2) is 5.14. The molecule has 3 rings (SSSR count). The van der Waals surface area contributed by atoms with Gasteiger partial charge in [0.1, 0.15) is 0 Å². The van der Waals surface area contributed by atoms with Gasteiger partial charge < -0.3 is 9.47 Å². The van der Waals surface area contributed by atoms with Gasteiger partial charge in [0.15, 0.2) is 0 Å². The zero-order valence-electron chi connectivity index (χ0n) is 12.3. The van der Waals surface area contributed by atoms with Crippen LogP contribution in [-0.2, 0) is 13.6 Å². The molecule has 3 aromatic rings.